The summed E-state index contributed by atoms with van der Waals surface area (Å²) in [4.78, 5) is 33.1. The number of pyridine rings is 1. The summed E-state index contributed by atoms with van der Waals surface area (Å²) in [5.41, 5.74) is 0.656. The molecule has 0 spiro atoms. The van der Waals surface area contributed by atoms with Gasteiger partial charge in [0.1, 0.15) is 12.4 Å². The lowest BCUT2D eigenvalue weighted by Crippen LogP contribution is -2.29. The second-order valence-electron chi connectivity index (χ2n) is 4.54. The molecule has 0 atom stereocenters. The molecule has 0 N–H and O–H groups in total. The Morgan fingerprint density at radius 2 is 1.82 bits per heavy atom. The van der Waals surface area contributed by atoms with E-state index < -0.39 is 17.6 Å². The first kappa shape index (κ1) is 14.2. The van der Waals surface area contributed by atoms with Crippen LogP contribution >= 0.6 is 0 Å². The summed E-state index contributed by atoms with van der Waals surface area (Å²) in [5.74, 6) is -1.54. The van der Waals surface area contributed by atoms with Gasteiger partial charge in [-0.05, 0) is 12.1 Å². The van der Waals surface area contributed by atoms with Crippen LogP contribution in [0.5, 0.6) is 5.88 Å². The van der Waals surface area contributed by atoms with Gasteiger partial charge < -0.3 is 4.74 Å². The van der Waals surface area contributed by atoms with Crippen LogP contribution in [0.2, 0.25) is 0 Å². The molecule has 3 rings (SSSR count). The summed E-state index contributed by atoms with van der Waals surface area (Å²) in [6, 6.07) is 7.72. The number of carbonyl (C=O) groups excluding carboxylic acids is 2. The summed E-state index contributed by atoms with van der Waals surface area (Å²) in [5, 5.41) is 0.636. The number of carbonyl (C=O) groups is 2. The minimum Gasteiger partial charge on any atom is -0.481 e. The molecule has 0 saturated carbocycles. The van der Waals surface area contributed by atoms with Crippen LogP contribution in [0.3, 0.4) is 0 Å². The van der Waals surface area contributed by atoms with Gasteiger partial charge in [0.15, 0.2) is 0 Å². The molecule has 0 radical (unpaired) electrons. The lowest BCUT2D eigenvalue weighted by Gasteiger charge is -2.13. The maximum atomic E-state index is 13.7. The highest BCUT2D eigenvalue weighted by Crippen LogP contribution is 2.24. The molecule has 6 nitrogen and oxygen atoms in total. The summed E-state index contributed by atoms with van der Waals surface area (Å²) in [6.07, 6.45) is 0.986. The van der Waals surface area contributed by atoms with Gasteiger partial charge in [0.25, 0.3) is 11.8 Å². The SMILES string of the molecule is COc1cc(CON2C(=O)c3ccccc3C2=O)c(F)cn1. The van der Waals surface area contributed by atoms with E-state index in [1.54, 1.807) is 12.1 Å². The molecule has 0 bridgehead atoms. The lowest BCUT2D eigenvalue weighted by atomic mass is 10.1. The molecule has 7 heteroatoms. The van der Waals surface area contributed by atoms with E-state index in [1.807, 2.05) is 0 Å². The number of methoxy groups -OCH3 is 1. The topological polar surface area (TPSA) is 68.7 Å². The first-order valence-electron chi connectivity index (χ1n) is 6.41. The van der Waals surface area contributed by atoms with E-state index in [0.29, 0.717) is 5.06 Å². The van der Waals surface area contributed by atoms with Crippen LogP contribution < -0.4 is 4.74 Å². The van der Waals surface area contributed by atoms with Crippen LogP contribution in [-0.2, 0) is 11.4 Å². The van der Waals surface area contributed by atoms with Crippen LogP contribution in [0.25, 0.3) is 0 Å². The monoisotopic (exact) mass is 302 g/mol. The van der Waals surface area contributed by atoms with E-state index in [1.165, 1.54) is 25.3 Å². The van der Waals surface area contributed by atoms with Crippen molar-refractivity contribution in [2.75, 3.05) is 7.11 Å². The fraction of sp³-hybridized carbons (Fsp3) is 0.133. The summed E-state index contributed by atoms with van der Waals surface area (Å²) < 4.78 is 18.5. The van der Waals surface area contributed by atoms with Crippen LogP contribution in [0.4, 0.5) is 4.39 Å². The average Bonchev–Trinajstić information content (AvgIpc) is 2.79. The van der Waals surface area contributed by atoms with Gasteiger partial charge in [0.2, 0.25) is 5.88 Å². The van der Waals surface area contributed by atoms with Crippen molar-refractivity contribution in [3.05, 3.63) is 59.0 Å². The van der Waals surface area contributed by atoms with Crippen molar-refractivity contribution >= 4 is 11.8 Å². The van der Waals surface area contributed by atoms with Gasteiger partial charge in [0, 0.05) is 11.6 Å². The average molecular weight is 302 g/mol. The largest absolute Gasteiger partial charge is 0.481 e. The zero-order chi connectivity index (χ0) is 15.7. The Morgan fingerprint density at radius 3 is 2.41 bits per heavy atom. The highest BCUT2D eigenvalue weighted by Gasteiger charge is 2.36. The molecule has 0 saturated heterocycles. The Morgan fingerprint density at radius 1 is 1.18 bits per heavy atom. The van der Waals surface area contributed by atoms with Gasteiger partial charge in [-0.25, -0.2) is 9.37 Å². The van der Waals surface area contributed by atoms with Crippen molar-refractivity contribution < 1.29 is 23.6 Å². The fourth-order valence-electron chi connectivity index (χ4n) is 2.10. The van der Waals surface area contributed by atoms with Crippen LogP contribution in [0, 0.1) is 5.82 Å². The smallest absolute Gasteiger partial charge is 0.285 e. The molecular weight excluding hydrogens is 291 g/mol. The molecule has 2 aromatic rings. The standard InChI is InChI=1S/C15H11FN2O4/c1-21-13-6-9(12(16)7-17-13)8-22-18-14(19)10-4-2-3-5-11(10)15(18)20/h2-7H,8H2,1H3. The minimum absolute atomic E-state index is 0.128. The third-order valence-corrected chi connectivity index (χ3v) is 3.22. The van der Waals surface area contributed by atoms with Crippen molar-refractivity contribution in [3.63, 3.8) is 0 Å². The second kappa shape index (κ2) is 5.53. The molecule has 1 aliphatic heterocycles. The van der Waals surface area contributed by atoms with E-state index in [0.717, 1.165) is 6.20 Å². The quantitative estimate of drug-likeness (QED) is 0.808. The Bertz CT molecular complexity index is 728. The van der Waals surface area contributed by atoms with E-state index in [2.05, 4.69) is 4.98 Å². The number of hydrogen-bond acceptors (Lipinski definition) is 5. The summed E-state index contributed by atoms with van der Waals surface area (Å²) in [6.45, 7) is -0.295. The van der Waals surface area contributed by atoms with Crippen LogP contribution in [0.1, 0.15) is 26.3 Å². The molecule has 2 amide bonds. The molecule has 0 aliphatic carbocycles. The van der Waals surface area contributed by atoms with Crippen molar-refractivity contribution in [2.45, 2.75) is 6.61 Å². The molecule has 112 valence electrons. The van der Waals surface area contributed by atoms with E-state index >= 15 is 0 Å². The van der Waals surface area contributed by atoms with Gasteiger partial charge in [0.05, 0.1) is 24.4 Å². The molecule has 2 heterocycles. The number of rotatable bonds is 4. The van der Waals surface area contributed by atoms with Crippen molar-refractivity contribution in [2.24, 2.45) is 0 Å². The van der Waals surface area contributed by atoms with Crippen molar-refractivity contribution in [3.8, 4) is 5.88 Å². The van der Waals surface area contributed by atoms with Crippen molar-refractivity contribution in [1.29, 1.82) is 0 Å². The number of ether oxygens (including phenoxy) is 1. The molecule has 0 fully saturated rings. The number of hydrogen-bond donors (Lipinski definition) is 0. The number of nitrogens with zero attached hydrogens (tertiary/aromatic N) is 2. The number of amides is 2. The van der Waals surface area contributed by atoms with E-state index in [9.17, 15) is 14.0 Å². The number of benzene rings is 1. The van der Waals surface area contributed by atoms with E-state index in [4.69, 9.17) is 9.57 Å². The van der Waals surface area contributed by atoms with Gasteiger partial charge in [-0.3, -0.25) is 14.4 Å². The minimum atomic E-state index is -0.614. The number of hydroxylamine groups is 2. The normalized spacial score (nSPS) is 13.5. The fourth-order valence-corrected chi connectivity index (χ4v) is 2.10. The number of imide groups is 1. The Balaban J connectivity index is 1.78. The predicted octanol–water partition coefficient (Wildman–Crippen LogP) is 1.96. The van der Waals surface area contributed by atoms with Gasteiger partial charge >= 0.3 is 0 Å². The van der Waals surface area contributed by atoms with Gasteiger partial charge in [-0.15, -0.1) is 5.06 Å². The summed E-state index contributed by atoms with van der Waals surface area (Å²) in [7, 11) is 1.40. The van der Waals surface area contributed by atoms with Crippen molar-refractivity contribution in [1.82, 2.24) is 10.0 Å². The molecule has 1 aromatic carbocycles. The van der Waals surface area contributed by atoms with E-state index in [-0.39, 0.29) is 29.2 Å². The van der Waals surface area contributed by atoms with Crippen LogP contribution in [0.15, 0.2) is 36.5 Å². The number of fused-ring (bicyclic) bond motifs is 1. The third-order valence-electron chi connectivity index (χ3n) is 3.22. The first-order chi connectivity index (χ1) is 10.6. The number of halogens is 1. The lowest BCUT2D eigenvalue weighted by molar-refractivity contribution is -0.101. The maximum absolute atomic E-state index is 13.7. The van der Waals surface area contributed by atoms with Gasteiger partial charge in [-0.2, -0.15) is 0 Å². The molecular formula is C15H11FN2O4. The second-order valence-corrected chi connectivity index (χ2v) is 4.54. The molecule has 1 aromatic heterocycles. The Labute approximate surface area is 125 Å². The van der Waals surface area contributed by atoms with Crippen LogP contribution in [-0.4, -0.2) is 29.0 Å². The molecule has 0 unspecified atom stereocenters. The molecule has 22 heavy (non-hydrogen) atoms. The molecule has 1 aliphatic rings. The first-order valence-corrected chi connectivity index (χ1v) is 6.41. The predicted molar refractivity (Wildman–Crippen MR) is 72.5 cm³/mol. The Hall–Kier alpha value is -2.80. The summed E-state index contributed by atoms with van der Waals surface area (Å²) >= 11 is 0. The van der Waals surface area contributed by atoms with Gasteiger partial charge in [-0.1, -0.05) is 12.1 Å². The third kappa shape index (κ3) is 2.31. The highest BCUT2D eigenvalue weighted by atomic mass is 19.1. The maximum Gasteiger partial charge on any atom is 0.285 e. The highest BCUT2D eigenvalue weighted by molar-refractivity contribution is 6.20. The zero-order valence-corrected chi connectivity index (χ0v) is 11.6. The number of aromatic nitrogens is 1. The Kier molecular flexibility index (Phi) is 3.56. The zero-order valence-electron chi connectivity index (χ0n) is 11.6.